The molecule has 1 aromatic carbocycles. The topological polar surface area (TPSA) is 50.4 Å². The first-order valence-electron chi connectivity index (χ1n) is 7.63. The number of H-pyrrole nitrogens is 1. The summed E-state index contributed by atoms with van der Waals surface area (Å²) in [7, 11) is 1.78. The Morgan fingerprint density at radius 2 is 2.14 bits per heavy atom. The average molecular weight is 301 g/mol. The van der Waals surface area contributed by atoms with Crippen LogP contribution in [0.5, 0.6) is 5.75 Å². The normalized spacial score (nSPS) is 22.1. The molecule has 1 aromatic heterocycles. The lowest BCUT2D eigenvalue weighted by molar-refractivity contribution is -0.0360. The van der Waals surface area contributed by atoms with Crippen molar-refractivity contribution in [2.24, 2.45) is 0 Å². The molecule has 3 rings (SSSR count). The minimum Gasteiger partial charge on any atom is -0.491 e. The number of nitrogens with one attached hydrogen (secondary N) is 1. The molecule has 0 saturated carbocycles. The SMILES string of the molecule is COC1(COc2ccc(C)cc2)CCN(Cc2cnc[nH]2)C1. The van der Waals surface area contributed by atoms with Crippen LogP contribution < -0.4 is 4.74 Å². The maximum absolute atomic E-state index is 5.95. The molecule has 22 heavy (non-hydrogen) atoms. The van der Waals surface area contributed by atoms with E-state index in [4.69, 9.17) is 9.47 Å². The van der Waals surface area contributed by atoms with Crippen molar-refractivity contribution < 1.29 is 9.47 Å². The predicted molar refractivity (Wildman–Crippen MR) is 84.9 cm³/mol. The Morgan fingerprint density at radius 1 is 1.32 bits per heavy atom. The van der Waals surface area contributed by atoms with Crippen LogP contribution in [0.4, 0.5) is 0 Å². The highest BCUT2D eigenvalue weighted by Crippen LogP contribution is 2.27. The minimum absolute atomic E-state index is 0.231. The number of imidazole rings is 1. The predicted octanol–water partition coefficient (Wildman–Crippen LogP) is 2.39. The summed E-state index contributed by atoms with van der Waals surface area (Å²) in [6.07, 6.45) is 4.56. The smallest absolute Gasteiger partial charge is 0.119 e. The zero-order chi connectivity index (χ0) is 15.4. The first-order valence-corrected chi connectivity index (χ1v) is 7.63. The molecular weight excluding hydrogens is 278 g/mol. The van der Waals surface area contributed by atoms with Crippen molar-refractivity contribution in [3.8, 4) is 5.75 Å². The van der Waals surface area contributed by atoms with Gasteiger partial charge in [-0.1, -0.05) is 17.7 Å². The van der Waals surface area contributed by atoms with Crippen molar-refractivity contribution in [2.45, 2.75) is 25.5 Å². The van der Waals surface area contributed by atoms with Crippen LogP contribution >= 0.6 is 0 Å². The van der Waals surface area contributed by atoms with Crippen LogP contribution in [0, 0.1) is 6.92 Å². The molecule has 1 saturated heterocycles. The molecule has 0 bridgehead atoms. The second-order valence-electron chi connectivity index (χ2n) is 6.03. The molecule has 1 aliphatic rings. The molecular formula is C17H23N3O2. The molecule has 1 N–H and O–H groups in total. The van der Waals surface area contributed by atoms with Crippen molar-refractivity contribution >= 4 is 0 Å². The Hall–Kier alpha value is -1.85. The molecule has 0 aliphatic carbocycles. The zero-order valence-corrected chi connectivity index (χ0v) is 13.2. The monoisotopic (exact) mass is 301 g/mol. The van der Waals surface area contributed by atoms with E-state index in [2.05, 4.69) is 33.9 Å². The summed E-state index contributed by atoms with van der Waals surface area (Å²) in [5.41, 5.74) is 2.14. The Balaban J connectivity index is 1.57. The van der Waals surface area contributed by atoms with Crippen LogP contribution in [-0.2, 0) is 11.3 Å². The summed E-state index contributed by atoms with van der Waals surface area (Å²) in [5.74, 6) is 0.897. The van der Waals surface area contributed by atoms with Gasteiger partial charge in [0.05, 0.1) is 6.33 Å². The number of methoxy groups -OCH3 is 1. The van der Waals surface area contributed by atoms with Crippen molar-refractivity contribution in [2.75, 3.05) is 26.8 Å². The van der Waals surface area contributed by atoms with Gasteiger partial charge in [0.25, 0.3) is 0 Å². The van der Waals surface area contributed by atoms with Gasteiger partial charge in [-0.25, -0.2) is 4.98 Å². The molecule has 1 atom stereocenters. The number of ether oxygens (including phenoxy) is 2. The number of rotatable bonds is 6. The number of nitrogens with zero attached hydrogens (tertiary/aromatic N) is 2. The molecule has 5 heteroatoms. The molecule has 2 aromatic rings. The fourth-order valence-electron chi connectivity index (χ4n) is 2.87. The van der Waals surface area contributed by atoms with Gasteiger partial charge in [0.1, 0.15) is 18.0 Å². The van der Waals surface area contributed by atoms with Crippen molar-refractivity contribution in [1.29, 1.82) is 0 Å². The molecule has 1 fully saturated rings. The summed E-state index contributed by atoms with van der Waals surface area (Å²) in [6, 6.07) is 8.15. The van der Waals surface area contributed by atoms with Crippen LogP contribution in [0.2, 0.25) is 0 Å². The third kappa shape index (κ3) is 3.48. The lowest BCUT2D eigenvalue weighted by Gasteiger charge is -2.28. The Kier molecular flexibility index (Phi) is 4.45. The minimum atomic E-state index is -0.231. The van der Waals surface area contributed by atoms with E-state index < -0.39 is 0 Å². The molecule has 1 unspecified atom stereocenters. The van der Waals surface area contributed by atoms with Crippen LogP contribution in [0.15, 0.2) is 36.8 Å². The summed E-state index contributed by atoms with van der Waals surface area (Å²) < 4.78 is 11.8. The molecule has 2 heterocycles. The van der Waals surface area contributed by atoms with E-state index in [-0.39, 0.29) is 5.60 Å². The summed E-state index contributed by atoms with van der Waals surface area (Å²) in [4.78, 5) is 9.58. The Labute approximate surface area is 131 Å². The second kappa shape index (κ2) is 6.50. The highest BCUT2D eigenvalue weighted by molar-refractivity contribution is 5.26. The van der Waals surface area contributed by atoms with Gasteiger partial charge in [-0.2, -0.15) is 0 Å². The van der Waals surface area contributed by atoms with E-state index in [0.29, 0.717) is 6.61 Å². The first-order chi connectivity index (χ1) is 10.7. The standard InChI is InChI=1S/C17H23N3O2/c1-14-3-5-16(6-4-14)22-12-17(21-2)7-8-20(11-17)10-15-9-18-13-19-15/h3-6,9,13H,7-8,10-12H2,1-2H3,(H,18,19). The van der Waals surface area contributed by atoms with Crippen molar-refractivity contribution in [3.05, 3.63) is 48.0 Å². The van der Waals surface area contributed by atoms with E-state index in [1.807, 2.05) is 18.3 Å². The summed E-state index contributed by atoms with van der Waals surface area (Å²) in [6.45, 7) is 5.39. The third-order valence-electron chi connectivity index (χ3n) is 4.30. The van der Waals surface area contributed by atoms with E-state index in [9.17, 15) is 0 Å². The number of hydrogen-bond acceptors (Lipinski definition) is 4. The lowest BCUT2D eigenvalue weighted by atomic mass is 10.0. The van der Waals surface area contributed by atoms with Crippen LogP contribution in [0.25, 0.3) is 0 Å². The number of hydrogen-bond donors (Lipinski definition) is 1. The maximum atomic E-state index is 5.95. The van der Waals surface area contributed by atoms with Gasteiger partial charge in [0.2, 0.25) is 0 Å². The van der Waals surface area contributed by atoms with Crippen LogP contribution in [0.1, 0.15) is 17.7 Å². The highest BCUT2D eigenvalue weighted by Gasteiger charge is 2.39. The van der Waals surface area contributed by atoms with Gasteiger partial charge in [-0.3, -0.25) is 4.90 Å². The molecule has 118 valence electrons. The fraction of sp³-hybridized carbons (Fsp3) is 0.471. The van der Waals surface area contributed by atoms with E-state index in [1.54, 1.807) is 13.4 Å². The molecule has 1 aliphatic heterocycles. The maximum Gasteiger partial charge on any atom is 0.119 e. The summed E-state index contributed by atoms with van der Waals surface area (Å²) >= 11 is 0. The number of benzene rings is 1. The lowest BCUT2D eigenvalue weighted by Crippen LogP contribution is -2.41. The summed E-state index contributed by atoms with van der Waals surface area (Å²) in [5, 5.41) is 0. The van der Waals surface area contributed by atoms with Crippen molar-refractivity contribution in [3.63, 3.8) is 0 Å². The van der Waals surface area contributed by atoms with Crippen LogP contribution in [-0.4, -0.2) is 47.3 Å². The Morgan fingerprint density at radius 3 is 2.82 bits per heavy atom. The second-order valence-corrected chi connectivity index (χ2v) is 6.03. The number of aryl methyl sites for hydroxylation is 1. The van der Waals surface area contributed by atoms with Crippen LogP contribution in [0.3, 0.4) is 0 Å². The van der Waals surface area contributed by atoms with Gasteiger partial charge >= 0.3 is 0 Å². The van der Waals surface area contributed by atoms with E-state index in [1.165, 1.54) is 5.56 Å². The van der Waals surface area contributed by atoms with E-state index >= 15 is 0 Å². The quantitative estimate of drug-likeness (QED) is 0.890. The molecule has 0 spiro atoms. The Bertz CT molecular complexity index is 582. The number of likely N-dealkylation sites (tertiary alicyclic amines) is 1. The van der Waals surface area contributed by atoms with Gasteiger partial charge in [-0.15, -0.1) is 0 Å². The molecule has 0 amide bonds. The number of aromatic nitrogens is 2. The molecule has 0 radical (unpaired) electrons. The highest BCUT2D eigenvalue weighted by atomic mass is 16.5. The van der Waals surface area contributed by atoms with Crippen molar-refractivity contribution in [1.82, 2.24) is 14.9 Å². The first kappa shape index (κ1) is 15.1. The van der Waals surface area contributed by atoms with Gasteiger partial charge in [0, 0.05) is 38.6 Å². The average Bonchev–Trinajstić information content (AvgIpc) is 3.18. The van der Waals surface area contributed by atoms with Gasteiger partial charge in [0.15, 0.2) is 0 Å². The third-order valence-corrected chi connectivity index (χ3v) is 4.30. The number of aromatic amines is 1. The zero-order valence-electron chi connectivity index (χ0n) is 13.2. The largest absolute Gasteiger partial charge is 0.491 e. The molecule has 5 nitrogen and oxygen atoms in total. The van der Waals surface area contributed by atoms with Gasteiger partial charge < -0.3 is 14.5 Å². The van der Waals surface area contributed by atoms with E-state index in [0.717, 1.165) is 37.5 Å². The van der Waals surface area contributed by atoms with Gasteiger partial charge in [-0.05, 0) is 25.5 Å². The fourth-order valence-corrected chi connectivity index (χ4v) is 2.87.